The van der Waals surface area contributed by atoms with E-state index in [4.69, 9.17) is 4.74 Å². The summed E-state index contributed by atoms with van der Waals surface area (Å²) in [5.74, 6) is 0.482. The molecule has 0 bridgehead atoms. The molecule has 0 aromatic heterocycles. The van der Waals surface area contributed by atoms with Crippen molar-refractivity contribution >= 4 is 5.97 Å². The molecule has 2 unspecified atom stereocenters. The number of ether oxygens (including phenoxy) is 1. The van der Waals surface area contributed by atoms with Gasteiger partial charge in [0.25, 0.3) is 0 Å². The van der Waals surface area contributed by atoms with Crippen LogP contribution in [-0.2, 0) is 11.3 Å². The molecule has 0 spiro atoms. The van der Waals surface area contributed by atoms with Crippen molar-refractivity contribution in [3.63, 3.8) is 0 Å². The molecule has 1 aromatic carbocycles. The quantitative estimate of drug-likeness (QED) is 0.902. The predicted molar refractivity (Wildman–Crippen MR) is 89.5 cm³/mol. The molecular weight excluding hydrogens is 290 g/mol. The summed E-state index contributed by atoms with van der Waals surface area (Å²) >= 11 is 0. The Bertz CT molecular complexity index is 539. The van der Waals surface area contributed by atoms with Crippen molar-refractivity contribution in [2.45, 2.75) is 51.7 Å². The number of carboxylic acid groups (broad SMARTS) is 1. The average molecular weight is 317 g/mol. The van der Waals surface area contributed by atoms with Crippen LogP contribution in [0.4, 0.5) is 0 Å². The third-order valence-electron chi connectivity index (χ3n) is 5.05. The molecule has 1 saturated carbocycles. The van der Waals surface area contributed by atoms with E-state index < -0.39 is 5.97 Å². The molecule has 2 atom stereocenters. The lowest BCUT2D eigenvalue weighted by molar-refractivity contribution is -0.144. The molecule has 0 amide bonds. The maximum atomic E-state index is 11.3. The second kappa shape index (κ2) is 7.35. The van der Waals surface area contributed by atoms with Gasteiger partial charge in [0, 0.05) is 25.2 Å². The van der Waals surface area contributed by atoms with Crippen LogP contribution in [-0.4, -0.2) is 35.2 Å². The first-order chi connectivity index (χ1) is 11.1. The molecule has 0 radical (unpaired) electrons. The van der Waals surface area contributed by atoms with Gasteiger partial charge in [-0.2, -0.15) is 0 Å². The summed E-state index contributed by atoms with van der Waals surface area (Å²) in [4.78, 5) is 13.6. The lowest BCUT2D eigenvalue weighted by Gasteiger charge is -2.35. The van der Waals surface area contributed by atoms with Crippen LogP contribution in [0.1, 0.15) is 44.6 Å². The Kier molecular flexibility index (Phi) is 5.21. The van der Waals surface area contributed by atoms with E-state index in [1.54, 1.807) is 0 Å². The van der Waals surface area contributed by atoms with Gasteiger partial charge >= 0.3 is 5.97 Å². The van der Waals surface area contributed by atoms with Crippen LogP contribution in [0.2, 0.25) is 0 Å². The summed E-state index contributed by atoms with van der Waals surface area (Å²) in [6.07, 6.45) is 5.95. The van der Waals surface area contributed by atoms with E-state index in [0.29, 0.717) is 18.6 Å². The number of likely N-dealkylation sites (tertiary alicyclic amines) is 1. The highest BCUT2D eigenvalue weighted by Gasteiger charge is 2.30. The van der Waals surface area contributed by atoms with Gasteiger partial charge in [0.1, 0.15) is 5.75 Å². The van der Waals surface area contributed by atoms with Crippen LogP contribution in [0.5, 0.6) is 5.75 Å². The summed E-state index contributed by atoms with van der Waals surface area (Å²) in [5, 5.41) is 9.33. The maximum Gasteiger partial charge on any atom is 0.307 e. The van der Waals surface area contributed by atoms with E-state index in [1.165, 1.54) is 18.4 Å². The van der Waals surface area contributed by atoms with E-state index in [-0.39, 0.29) is 5.92 Å². The van der Waals surface area contributed by atoms with Crippen molar-refractivity contribution in [1.82, 2.24) is 4.90 Å². The molecule has 4 nitrogen and oxygen atoms in total. The molecule has 2 aliphatic rings. The molecule has 1 aromatic rings. The van der Waals surface area contributed by atoms with Gasteiger partial charge in [-0.25, -0.2) is 0 Å². The molecule has 4 heteroatoms. The second-order valence-corrected chi connectivity index (χ2v) is 7.20. The minimum absolute atomic E-state index is 0.248. The zero-order valence-corrected chi connectivity index (χ0v) is 13.9. The number of hydrogen-bond acceptors (Lipinski definition) is 3. The van der Waals surface area contributed by atoms with Gasteiger partial charge in [-0.15, -0.1) is 0 Å². The minimum Gasteiger partial charge on any atom is -0.490 e. The predicted octanol–water partition coefficient (Wildman–Crippen LogP) is 3.55. The topological polar surface area (TPSA) is 49.8 Å². The fraction of sp³-hybridized carbons (Fsp3) is 0.632. The van der Waals surface area contributed by atoms with Gasteiger partial charge in [0.2, 0.25) is 0 Å². The number of benzene rings is 1. The van der Waals surface area contributed by atoms with E-state index in [9.17, 15) is 9.90 Å². The van der Waals surface area contributed by atoms with Gasteiger partial charge in [0.15, 0.2) is 0 Å². The summed E-state index contributed by atoms with van der Waals surface area (Å²) in [6.45, 7) is 4.51. The number of piperidine rings is 1. The molecule has 1 aliphatic heterocycles. The van der Waals surface area contributed by atoms with Gasteiger partial charge in [-0.3, -0.25) is 9.69 Å². The number of aliphatic carboxylic acids is 1. The van der Waals surface area contributed by atoms with Crippen molar-refractivity contribution in [3.05, 3.63) is 29.8 Å². The Morgan fingerprint density at radius 1 is 1.26 bits per heavy atom. The highest BCUT2D eigenvalue weighted by atomic mass is 16.5. The molecule has 1 heterocycles. The third-order valence-corrected chi connectivity index (χ3v) is 5.05. The SMILES string of the molecule is CC1CC(C(=O)O)CN(Cc2ccccc2OC2CCCC2)C1. The van der Waals surface area contributed by atoms with Crippen LogP contribution in [0.25, 0.3) is 0 Å². The Balaban J connectivity index is 1.68. The van der Waals surface area contributed by atoms with Crippen LogP contribution >= 0.6 is 0 Å². The van der Waals surface area contributed by atoms with Gasteiger partial charge in [0.05, 0.1) is 12.0 Å². The molecule has 23 heavy (non-hydrogen) atoms. The first-order valence-corrected chi connectivity index (χ1v) is 8.81. The number of hydrogen-bond donors (Lipinski definition) is 1. The van der Waals surface area contributed by atoms with Crippen molar-refractivity contribution < 1.29 is 14.6 Å². The molecule has 1 N–H and O–H groups in total. The lowest BCUT2D eigenvalue weighted by Crippen LogP contribution is -2.42. The Morgan fingerprint density at radius 3 is 2.74 bits per heavy atom. The molecular formula is C19H27NO3. The minimum atomic E-state index is -0.669. The monoisotopic (exact) mass is 317 g/mol. The van der Waals surface area contributed by atoms with E-state index in [2.05, 4.69) is 24.0 Å². The number of rotatable bonds is 5. The first-order valence-electron chi connectivity index (χ1n) is 8.81. The van der Waals surface area contributed by atoms with Crippen LogP contribution < -0.4 is 4.74 Å². The first kappa shape index (κ1) is 16.3. The molecule has 3 rings (SSSR count). The average Bonchev–Trinajstić information content (AvgIpc) is 3.01. The second-order valence-electron chi connectivity index (χ2n) is 7.20. The largest absolute Gasteiger partial charge is 0.490 e. The van der Waals surface area contributed by atoms with E-state index in [1.807, 2.05) is 12.1 Å². The van der Waals surface area contributed by atoms with Crippen molar-refractivity contribution in [1.29, 1.82) is 0 Å². The number of nitrogens with zero attached hydrogens (tertiary/aromatic N) is 1. The summed E-state index contributed by atoms with van der Waals surface area (Å²) in [6, 6.07) is 8.22. The van der Waals surface area contributed by atoms with Crippen LogP contribution in [0, 0.1) is 11.8 Å². The van der Waals surface area contributed by atoms with Crippen LogP contribution in [0.3, 0.4) is 0 Å². The fourth-order valence-electron chi connectivity index (χ4n) is 3.95. The third kappa shape index (κ3) is 4.25. The maximum absolute atomic E-state index is 11.3. The van der Waals surface area contributed by atoms with Crippen molar-refractivity contribution in [2.75, 3.05) is 13.1 Å². The normalized spacial score (nSPS) is 26.3. The highest BCUT2D eigenvalue weighted by molar-refractivity contribution is 5.70. The zero-order chi connectivity index (χ0) is 16.2. The molecule has 2 fully saturated rings. The molecule has 1 aliphatic carbocycles. The van der Waals surface area contributed by atoms with E-state index >= 15 is 0 Å². The Morgan fingerprint density at radius 2 is 2.00 bits per heavy atom. The lowest BCUT2D eigenvalue weighted by atomic mass is 9.90. The molecule has 1 saturated heterocycles. The summed E-state index contributed by atoms with van der Waals surface area (Å²) in [7, 11) is 0. The zero-order valence-electron chi connectivity index (χ0n) is 13.9. The standard InChI is InChI=1S/C19H27NO3/c1-14-10-16(19(21)22)13-20(11-14)12-15-6-2-5-9-18(15)23-17-7-3-4-8-17/h2,5-6,9,14,16-17H,3-4,7-8,10-13H2,1H3,(H,21,22). The van der Waals surface area contributed by atoms with Crippen LogP contribution in [0.15, 0.2) is 24.3 Å². The van der Waals surface area contributed by atoms with Crippen molar-refractivity contribution in [3.8, 4) is 5.75 Å². The summed E-state index contributed by atoms with van der Waals surface area (Å²) in [5.41, 5.74) is 1.18. The number of carboxylic acids is 1. The fourth-order valence-corrected chi connectivity index (χ4v) is 3.95. The number of carbonyl (C=O) groups is 1. The smallest absolute Gasteiger partial charge is 0.307 e. The van der Waals surface area contributed by atoms with Gasteiger partial charge in [-0.1, -0.05) is 25.1 Å². The number of para-hydroxylation sites is 1. The van der Waals surface area contributed by atoms with E-state index in [0.717, 1.165) is 38.1 Å². The van der Waals surface area contributed by atoms with Crippen molar-refractivity contribution in [2.24, 2.45) is 11.8 Å². The highest BCUT2D eigenvalue weighted by Crippen LogP contribution is 2.29. The Hall–Kier alpha value is -1.55. The van der Waals surface area contributed by atoms with Gasteiger partial charge < -0.3 is 9.84 Å². The Labute approximate surface area is 138 Å². The van der Waals surface area contributed by atoms with Gasteiger partial charge in [-0.05, 0) is 44.1 Å². The molecule has 126 valence electrons. The summed E-state index contributed by atoms with van der Waals surface area (Å²) < 4.78 is 6.21.